The summed E-state index contributed by atoms with van der Waals surface area (Å²) < 4.78 is 73.1. The number of hydrogen-bond donors (Lipinski definition) is 1. The van der Waals surface area contributed by atoms with Crippen molar-refractivity contribution < 1.29 is 31.1 Å². The first-order valence-electron chi connectivity index (χ1n) is 6.09. The monoisotopic (exact) mass is 361 g/mol. The Morgan fingerprint density at radius 2 is 1.91 bits per heavy atom. The van der Waals surface area contributed by atoms with Crippen molar-refractivity contribution in [2.75, 3.05) is 37.4 Å². The molecule has 0 aliphatic rings. The van der Waals surface area contributed by atoms with E-state index < -0.39 is 27.5 Å². The standard InChI is InChI=1S/C12H15ClF3NO4S/c1-20-4-5-21-6-7-22(18,19)17-11-8-9(12(14,15)16)2-3-10(11)13/h2-3,8,17H,4-7H2,1H3. The van der Waals surface area contributed by atoms with Crippen LogP contribution in [-0.4, -0.2) is 41.1 Å². The zero-order valence-corrected chi connectivity index (χ0v) is 13.2. The molecule has 0 spiro atoms. The summed E-state index contributed by atoms with van der Waals surface area (Å²) in [6.45, 7) is 0.415. The molecule has 1 aromatic rings. The molecule has 0 fully saturated rings. The van der Waals surface area contributed by atoms with E-state index in [0.29, 0.717) is 12.7 Å². The highest BCUT2D eigenvalue weighted by Crippen LogP contribution is 2.34. The van der Waals surface area contributed by atoms with Gasteiger partial charge in [0.05, 0.1) is 41.8 Å². The Morgan fingerprint density at radius 3 is 2.50 bits per heavy atom. The lowest BCUT2D eigenvalue weighted by Crippen LogP contribution is -2.21. The Labute approximate surface area is 131 Å². The van der Waals surface area contributed by atoms with Crippen LogP contribution in [0.4, 0.5) is 18.9 Å². The van der Waals surface area contributed by atoms with Crippen molar-refractivity contribution in [1.82, 2.24) is 0 Å². The molecule has 0 amide bonds. The van der Waals surface area contributed by atoms with Crippen LogP contribution in [0.2, 0.25) is 5.02 Å². The minimum atomic E-state index is -4.59. The molecule has 0 aliphatic carbocycles. The number of sulfonamides is 1. The van der Waals surface area contributed by atoms with Gasteiger partial charge < -0.3 is 9.47 Å². The minimum absolute atomic E-state index is 0.116. The second-order valence-electron chi connectivity index (χ2n) is 4.22. The number of methoxy groups -OCH3 is 1. The molecular weight excluding hydrogens is 347 g/mol. The zero-order chi connectivity index (χ0) is 16.8. The maximum atomic E-state index is 12.6. The molecule has 10 heteroatoms. The first-order valence-corrected chi connectivity index (χ1v) is 8.12. The van der Waals surface area contributed by atoms with Crippen LogP contribution >= 0.6 is 11.6 Å². The molecular formula is C12H15ClF3NO4S. The highest BCUT2D eigenvalue weighted by atomic mass is 35.5. The fourth-order valence-corrected chi connectivity index (χ4v) is 2.58. The normalized spacial score (nSPS) is 12.4. The zero-order valence-electron chi connectivity index (χ0n) is 11.6. The Bertz CT molecular complexity index is 593. The number of anilines is 1. The van der Waals surface area contributed by atoms with E-state index >= 15 is 0 Å². The summed E-state index contributed by atoms with van der Waals surface area (Å²) in [7, 11) is -2.40. The molecule has 22 heavy (non-hydrogen) atoms. The van der Waals surface area contributed by atoms with Gasteiger partial charge in [-0.2, -0.15) is 13.2 Å². The van der Waals surface area contributed by atoms with Crippen LogP contribution in [0.3, 0.4) is 0 Å². The molecule has 0 heterocycles. The predicted molar refractivity (Wildman–Crippen MR) is 76.6 cm³/mol. The fraction of sp³-hybridized carbons (Fsp3) is 0.500. The lowest BCUT2D eigenvalue weighted by molar-refractivity contribution is -0.137. The molecule has 5 nitrogen and oxygen atoms in total. The van der Waals surface area contributed by atoms with Crippen LogP contribution in [0, 0.1) is 0 Å². The van der Waals surface area contributed by atoms with Crippen LogP contribution < -0.4 is 4.72 Å². The van der Waals surface area contributed by atoms with Gasteiger partial charge in [0.15, 0.2) is 0 Å². The third kappa shape index (κ3) is 6.39. The molecule has 0 radical (unpaired) electrons. The number of ether oxygens (including phenoxy) is 2. The van der Waals surface area contributed by atoms with E-state index in [4.69, 9.17) is 21.1 Å². The minimum Gasteiger partial charge on any atom is -0.382 e. The van der Waals surface area contributed by atoms with Crippen molar-refractivity contribution in [3.63, 3.8) is 0 Å². The number of nitrogens with one attached hydrogen (secondary N) is 1. The fourth-order valence-electron chi connectivity index (χ4n) is 1.41. The van der Waals surface area contributed by atoms with Crippen molar-refractivity contribution in [1.29, 1.82) is 0 Å². The summed E-state index contributed by atoms with van der Waals surface area (Å²) >= 11 is 5.71. The molecule has 126 valence electrons. The van der Waals surface area contributed by atoms with E-state index in [1.807, 2.05) is 4.72 Å². The van der Waals surface area contributed by atoms with Gasteiger partial charge >= 0.3 is 6.18 Å². The Balaban J connectivity index is 2.72. The van der Waals surface area contributed by atoms with E-state index in [0.717, 1.165) is 12.1 Å². The lowest BCUT2D eigenvalue weighted by Gasteiger charge is -2.13. The first kappa shape index (κ1) is 19.0. The van der Waals surface area contributed by atoms with Crippen LogP contribution in [0.1, 0.15) is 5.56 Å². The summed E-state index contributed by atoms with van der Waals surface area (Å²) in [4.78, 5) is 0. The van der Waals surface area contributed by atoms with E-state index in [2.05, 4.69) is 0 Å². The quantitative estimate of drug-likeness (QED) is 0.723. The molecule has 0 bridgehead atoms. The largest absolute Gasteiger partial charge is 0.416 e. The van der Waals surface area contributed by atoms with Gasteiger partial charge in [-0.3, -0.25) is 4.72 Å². The van der Waals surface area contributed by atoms with Crippen molar-refractivity contribution in [3.8, 4) is 0 Å². The topological polar surface area (TPSA) is 64.6 Å². The number of rotatable bonds is 8. The van der Waals surface area contributed by atoms with Crippen molar-refractivity contribution in [2.45, 2.75) is 6.18 Å². The molecule has 1 aromatic carbocycles. The van der Waals surface area contributed by atoms with Gasteiger partial charge in [-0.05, 0) is 18.2 Å². The Kier molecular flexibility index (Phi) is 6.92. The van der Waals surface area contributed by atoms with Crippen LogP contribution in [0.25, 0.3) is 0 Å². The van der Waals surface area contributed by atoms with Crippen molar-refractivity contribution >= 4 is 27.3 Å². The Hall–Kier alpha value is -1.03. The maximum Gasteiger partial charge on any atom is 0.416 e. The van der Waals surface area contributed by atoms with Gasteiger partial charge in [0.1, 0.15) is 0 Å². The third-order valence-electron chi connectivity index (χ3n) is 2.49. The molecule has 0 unspecified atom stereocenters. The van der Waals surface area contributed by atoms with Crippen LogP contribution in [0.15, 0.2) is 18.2 Å². The van der Waals surface area contributed by atoms with Gasteiger partial charge in [-0.25, -0.2) is 8.42 Å². The average molecular weight is 362 g/mol. The number of benzene rings is 1. The predicted octanol–water partition coefficient (Wildman–Crippen LogP) is 2.76. The third-order valence-corrected chi connectivity index (χ3v) is 4.05. The van der Waals surface area contributed by atoms with E-state index in [1.165, 1.54) is 7.11 Å². The maximum absolute atomic E-state index is 12.6. The van der Waals surface area contributed by atoms with Crippen LogP contribution in [0.5, 0.6) is 0 Å². The summed E-state index contributed by atoms with van der Waals surface area (Å²) in [6.07, 6.45) is -4.59. The molecule has 0 atom stereocenters. The number of hydrogen-bond acceptors (Lipinski definition) is 4. The van der Waals surface area contributed by atoms with Gasteiger partial charge in [0, 0.05) is 7.11 Å². The van der Waals surface area contributed by atoms with E-state index in [9.17, 15) is 21.6 Å². The second-order valence-corrected chi connectivity index (χ2v) is 6.47. The first-order chi connectivity index (χ1) is 10.2. The van der Waals surface area contributed by atoms with Gasteiger partial charge in [0.25, 0.3) is 0 Å². The van der Waals surface area contributed by atoms with Gasteiger partial charge in [-0.15, -0.1) is 0 Å². The van der Waals surface area contributed by atoms with Gasteiger partial charge in [0.2, 0.25) is 10.0 Å². The van der Waals surface area contributed by atoms with Crippen molar-refractivity contribution in [2.24, 2.45) is 0 Å². The summed E-state index contributed by atoms with van der Waals surface area (Å²) in [5.74, 6) is -0.413. The molecule has 0 saturated carbocycles. The highest BCUT2D eigenvalue weighted by Gasteiger charge is 2.31. The smallest absolute Gasteiger partial charge is 0.382 e. The van der Waals surface area contributed by atoms with Crippen molar-refractivity contribution in [3.05, 3.63) is 28.8 Å². The SMILES string of the molecule is COCCOCCS(=O)(=O)Nc1cc(C(F)(F)F)ccc1Cl. The summed E-state index contributed by atoms with van der Waals surface area (Å²) in [5.41, 5.74) is -1.32. The van der Waals surface area contributed by atoms with E-state index in [1.54, 1.807) is 0 Å². The molecule has 1 N–H and O–H groups in total. The lowest BCUT2D eigenvalue weighted by atomic mass is 10.2. The second kappa shape index (κ2) is 8.00. The van der Waals surface area contributed by atoms with Crippen LogP contribution in [-0.2, 0) is 25.7 Å². The number of alkyl halides is 3. The summed E-state index contributed by atoms with van der Waals surface area (Å²) in [5, 5.41) is -0.128. The Morgan fingerprint density at radius 1 is 1.23 bits per heavy atom. The van der Waals surface area contributed by atoms with Gasteiger partial charge in [-0.1, -0.05) is 11.6 Å². The number of halogens is 4. The molecule has 0 saturated heterocycles. The molecule has 1 rings (SSSR count). The van der Waals surface area contributed by atoms with E-state index in [-0.39, 0.29) is 23.9 Å². The summed E-state index contributed by atoms with van der Waals surface area (Å²) in [6, 6.07) is 2.40. The molecule has 0 aromatic heterocycles. The molecule has 0 aliphatic heterocycles. The highest BCUT2D eigenvalue weighted by molar-refractivity contribution is 7.92. The average Bonchev–Trinajstić information content (AvgIpc) is 2.39.